The van der Waals surface area contributed by atoms with Gasteiger partial charge in [-0.3, -0.25) is 4.79 Å². The summed E-state index contributed by atoms with van der Waals surface area (Å²) in [5.74, 6) is -0.810. The topological polar surface area (TPSA) is 92.0 Å². The van der Waals surface area contributed by atoms with Gasteiger partial charge in [0.2, 0.25) is 0 Å². The van der Waals surface area contributed by atoms with Crippen molar-refractivity contribution in [2.24, 2.45) is 5.92 Å². The Morgan fingerprint density at radius 3 is 2.55 bits per heavy atom. The number of esters is 2. The van der Waals surface area contributed by atoms with Gasteiger partial charge in [-0.1, -0.05) is 19.9 Å². The highest BCUT2D eigenvalue weighted by atomic mass is 16.6. The Labute approximate surface area is 181 Å². The lowest BCUT2D eigenvalue weighted by Gasteiger charge is -2.34. The van der Waals surface area contributed by atoms with Crippen LogP contribution in [0.15, 0.2) is 45.1 Å². The molecule has 0 amide bonds. The summed E-state index contributed by atoms with van der Waals surface area (Å²) >= 11 is 0. The first-order valence-corrected chi connectivity index (χ1v) is 10.4. The second kappa shape index (κ2) is 8.57. The maximum Gasteiger partial charge on any atom is 0.336 e. The molecule has 1 aliphatic heterocycles. The average molecular weight is 428 g/mol. The van der Waals surface area contributed by atoms with Crippen LogP contribution in [-0.4, -0.2) is 23.6 Å². The zero-order chi connectivity index (χ0) is 22.9. The molecule has 0 radical (unpaired) electrons. The van der Waals surface area contributed by atoms with E-state index in [0.717, 1.165) is 0 Å². The normalized spacial score (nSPS) is 19.5. The average Bonchev–Trinajstić information content (AvgIpc) is 3.11. The van der Waals surface area contributed by atoms with Gasteiger partial charge in [0.25, 0.3) is 0 Å². The monoisotopic (exact) mass is 428 g/mol. The minimum atomic E-state index is -1.15. The Morgan fingerprint density at radius 1 is 1.23 bits per heavy atom. The van der Waals surface area contributed by atoms with Crippen molar-refractivity contribution < 1.29 is 28.2 Å². The molecule has 0 saturated carbocycles. The highest BCUT2D eigenvalue weighted by Crippen LogP contribution is 2.47. The van der Waals surface area contributed by atoms with Crippen LogP contribution in [0.5, 0.6) is 5.75 Å². The van der Waals surface area contributed by atoms with Crippen LogP contribution in [0.4, 0.5) is 0 Å². The van der Waals surface area contributed by atoms with Crippen LogP contribution in [0, 0.1) is 5.92 Å². The summed E-state index contributed by atoms with van der Waals surface area (Å²) in [7, 11) is 0. The molecule has 2 heterocycles. The summed E-state index contributed by atoms with van der Waals surface area (Å²) in [4.78, 5) is 37.1. The molecule has 7 heteroatoms. The van der Waals surface area contributed by atoms with Crippen LogP contribution in [0.3, 0.4) is 0 Å². The van der Waals surface area contributed by atoms with Crippen LogP contribution < -0.4 is 10.4 Å². The number of carbonyl (C=O) groups is 2. The van der Waals surface area contributed by atoms with Crippen molar-refractivity contribution in [3.8, 4) is 5.75 Å². The third-order valence-corrected chi connectivity index (χ3v) is 5.66. The zero-order valence-corrected chi connectivity index (χ0v) is 18.7. The van der Waals surface area contributed by atoms with Crippen molar-refractivity contribution in [2.45, 2.75) is 65.8 Å². The number of hydrogen-bond donors (Lipinski definition) is 0. The molecule has 0 saturated heterocycles. The van der Waals surface area contributed by atoms with E-state index in [0.29, 0.717) is 34.3 Å². The minimum Gasteiger partial charge on any atom is -0.481 e. The molecular weight excluding hydrogens is 400 g/mol. The molecule has 7 nitrogen and oxygen atoms in total. The minimum absolute atomic E-state index is 0.293. The van der Waals surface area contributed by atoms with E-state index < -0.39 is 35.4 Å². The molecule has 166 valence electrons. The van der Waals surface area contributed by atoms with E-state index in [1.807, 2.05) is 6.92 Å². The van der Waals surface area contributed by atoms with Gasteiger partial charge < -0.3 is 18.6 Å². The predicted molar refractivity (Wildman–Crippen MR) is 115 cm³/mol. The Bertz CT molecular complexity index is 1090. The number of benzene rings is 1. The molecule has 2 aromatic rings. The number of hydrogen-bond acceptors (Lipinski definition) is 7. The molecule has 0 fully saturated rings. The van der Waals surface area contributed by atoms with E-state index in [9.17, 15) is 14.4 Å². The fourth-order valence-corrected chi connectivity index (χ4v) is 3.39. The molecule has 3 rings (SSSR count). The third kappa shape index (κ3) is 4.36. The number of carbonyl (C=O) groups excluding carboxylic acids is 2. The highest BCUT2D eigenvalue weighted by molar-refractivity contribution is 5.88. The van der Waals surface area contributed by atoms with E-state index in [1.165, 1.54) is 6.07 Å². The molecule has 1 aromatic heterocycles. The van der Waals surface area contributed by atoms with Crippen LogP contribution >= 0.6 is 0 Å². The van der Waals surface area contributed by atoms with E-state index in [1.54, 1.807) is 58.9 Å². The summed E-state index contributed by atoms with van der Waals surface area (Å²) in [5.41, 5.74) is -0.466. The van der Waals surface area contributed by atoms with Crippen molar-refractivity contribution in [1.82, 2.24) is 0 Å². The van der Waals surface area contributed by atoms with Gasteiger partial charge in [-0.25, -0.2) is 9.59 Å². The number of rotatable bonds is 6. The van der Waals surface area contributed by atoms with Crippen molar-refractivity contribution in [3.05, 3.63) is 51.9 Å². The SMILES string of the molecule is C/C=C(/C)C(=O)OC(C)(C)[C@H]1Oc2ccc3ccc(=O)oc3c2[C@H]1OC(=O)C(C)CC. The van der Waals surface area contributed by atoms with Crippen molar-refractivity contribution in [2.75, 3.05) is 0 Å². The number of fused-ring (bicyclic) bond motifs is 3. The first kappa shape index (κ1) is 22.6. The van der Waals surface area contributed by atoms with E-state index in [-0.39, 0.29) is 5.92 Å². The van der Waals surface area contributed by atoms with Crippen LogP contribution in [0.25, 0.3) is 11.0 Å². The maximum absolute atomic E-state index is 12.7. The molecule has 1 aromatic carbocycles. The molecular formula is C24H28O7. The van der Waals surface area contributed by atoms with Gasteiger partial charge in [0, 0.05) is 17.0 Å². The first-order chi connectivity index (χ1) is 14.6. The summed E-state index contributed by atoms with van der Waals surface area (Å²) < 4.78 is 23.2. The van der Waals surface area contributed by atoms with Crippen molar-refractivity contribution in [1.29, 1.82) is 0 Å². The molecule has 0 spiro atoms. The predicted octanol–water partition coefficient (Wildman–Crippen LogP) is 4.47. The van der Waals surface area contributed by atoms with E-state index in [4.69, 9.17) is 18.6 Å². The Hall–Kier alpha value is -3.09. The molecule has 0 bridgehead atoms. The lowest BCUT2D eigenvalue weighted by molar-refractivity contribution is -0.176. The Kier molecular flexibility index (Phi) is 6.25. The molecule has 1 aliphatic rings. The number of allylic oxidation sites excluding steroid dienone is 1. The molecule has 3 atom stereocenters. The second-order valence-corrected chi connectivity index (χ2v) is 8.32. The van der Waals surface area contributed by atoms with Crippen LogP contribution in [-0.2, 0) is 19.1 Å². The standard InChI is InChI=1S/C24H28O7/c1-7-13(3)22(26)30-20-18-16(11-9-15-10-12-17(25)29-19(15)18)28-21(20)24(5,6)31-23(27)14(4)8-2/h8-13,20-21H,7H2,1-6H3/b14-8-/t13?,20-,21+/m1/s1. The summed E-state index contributed by atoms with van der Waals surface area (Å²) in [5, 5.41) is 0.673. The third-order valence-electron chi connectivity index (χ3n) is 5.66. The van der Waals surface area contributed by atoms with Gasteiger partial charge >= 0.3 is 17.6 Å². The Morgan fingerprint density at radius 2 is 1.90 bits per heavy atom. The van der Waals surface area contributed by atoms with Gasteiger partial charge in [0.05, 0.1) is 11.5 Å². The maximum atomic E-state index is 12.7. The fourth-order valence-electron chi connectivity index (χ4n) is 3.39. The fraction of sp³-hybridized carbons (Fsp3) is 0.458. The first-order valence-electron chi connectivity index (χ1n) is 10.4. The highest BCUT2D eigenvalue weighted by Gasteiger charge is 2.50. The summed E-state index contributed by atoms with van der Waals surface area (Å²) in [6.45, 7) is 10.5. The van der Waals surface area contributed by atoms with E-state index >= 15 is 0 Å². The second-order valence-electron chi connectivity index (χ2n) is 8.32. The Balaban J connectivity index is 2.09. The van der Waals surface area contributed by atoms with Gasteiger partial charge in [-0.15, -0.1) is 0 Å². The summed E-state index contributed by atoms with van der Waals surface area (Å²) in [6, 6.07) is 6.46. The molecule has 0 aliphatic carbocycles. The quantitative estimate of drug-likeness (QED) is 0.381. The largest absolute Gasteiger partial charge is 0.481 e. The van der Waals surface area contributed by atoms with Crippen molar-refractivity contribution >= 4 is 22.9 Å². The summed E-state index contributed by atoms with van der Waals surface area (Å²) in [6.07, 6.45) is 0.512. The lowest BCUT2D eigenvalue weighted by Crippen LogP contribution is -2.47. The van der Waals surface area contributed by atoms with E-state index in [2.05, 4.69) is 0 Å². The van der Waals surface area contributed by atoms with Crippen molar-refractivity contribution in [3.63, 3.8) is 0 Å². The van der Waals surface area contributed by atoms with Gasteiger partial charge in [-0.2, -0.15) is 0 Å². The van der Waals surface area contributed by atoms with Crippen LogP contribution in [0.1, 0.15) is 59.6 Å². The van der Waals surface area contributed by atoms with Gasteiger partial charge in [0.15, 0.2) is 12.2 Å². The molecule has 31 heavy (non-hydrogen) atoms. The zero-order valence-electron chi connectivity index (χ0n) is 18.7. The number of ether oxygens (including phenoxy) is 3. The molecule has 1 unspecified atom stereocenters. The smallest absolute Gasteiger partial charge is 0.336 e. The molecule has 0 N–H and O–H groups in total. The van der Waals surface area contributed by atoms with Crippen LogP contribution in [0.2, 0.25) is 0 Å². The van der Waals surface area contributed by atoms with Gasteiger partial charge in [0.1, 0.15) is 16.9 Å². The lowest BCUT2D eigenvalue weighted by atomic mass is 9.92. The van der Waals surface area contributed by atoms with Gasteiger partial charge in [-0.05, 0) is 52.3 Å².